The van der Waals surface area contributed by atoms with E-state index in [2.05, 4.69) is 47.4 Å². The molecule has 2 aliphatic heterocycles. The quantitative estimate of drug-likeness (QED) is 0.550. The molecule has 0 N–H and O–H groups in total. The molecule has 2 aromatic heterocycles. The van der Waals surface area contributed by atoms with Crippen molar-refractivity contribution >= 4 is 16.9 Å². The van der Waals surface area contributed by atoms with Crippen molar-refractivity contribution in [3.63, 3.8) is 0 Å². The second-order valence-electron chi connectivity index (χ2n) is 7.97. The number of fused-ring (bicyclic) bond motifs is 1. The molecule has 30 heavy (non-hydrogen) atoms. The summed E-state index contributed by atoms with van der Waals surface area (Å²) in [6.07, 6.45) is 2.94. The Hall–Kier alpha value is -2.60. The number of aliphatic imine (C=N–C) groups is 1. The van der Waals surface area contributed by atoms with E-state index in [9.17, 15) is 4.39 Å². The highest BCUT2D eigenvalue weighted by Crippen LogP contribution is 2.49. The summed E-state index contributed by atoms with van der Waals surface area (Å²) in [7, 11) is 0. The molecular weight excluding hydrogens is 395 g/mol. The van der Waals surface area contributed by atoms with Gasteiger partial charge in [-0.1, -0.05) is 24.8 Å². The van der Waals surface area contributed by atoms with Gasteiger partial charge in [0, 0.05) is 35.1 Å². The zero-order valence-corrected chi connectivity index (χ0v) is 18.2. The number of amidine groups is 1. The highest BCUT2D eigenvalue weighted by atomic mass is 32.2. The Bertz CT molecular complexity index is 1090. The fraction of sp³-hybridized carbons (Fsp3) is 0.333. The standard InChI is InChI=1S/C24H25FN4S/c1-4-18-14-30-24-27-22(21-7-5-6-12-26-21)23(29(18)24)20-13-15(2)28(16(20)3)19-10-8-17(25)9-11-19/h5-13,18,22-23H,4,14H2,1-3H3/t18-,22+,23+/m1/s1. The van der Waals surface area contributed by atoms with Crippen molar-refractivity contribution < 1.29 is 4.39 Å². The van der Waals surface area contributed by atoms with Crippen molar-refractivity contribution in [2.45, 2.75) is 45.3 Å². The molecule has 0 amide bonds. The molecule has 1 fully saturated rings. The number of rotatable bonds is 4. The number of halogens is 1. The lowest BCUT2D eigenvalue weighted by atomic mass is 9.95. The number of nitrogens with zero attached hydrogens (tertiary/aromatic N) is 4. The van der Waals surface area contributed by atoms with Gasteiger partial charge in [-0.3, -0.25) is 9.98 Å². The number of aryl methyl sites for hydroxylation is 1. The topological polar surface area (TPSA) is 33.4 Å². The fourth-order valence-corrected chi connectivity index (χ4v) is 6.10. The highest BCUT2D eigenvalue weighted by Gasteiger charge is 2.46. The molecule has 0 unspecified atom stereocenters. The van der Waals surface area contributed by atoms with Crippen molar-refractivity contribution in [1.82, 2.24) is 14.5 Å². The summed E-state index contributed by atoms with van der Waals surface area (Å²) in [6.45, 7) is 6.52. The minimum absolute atomic E-state index is 0.0229. The normalized spacial score (nSPS) is 23.0. The van der Waals surface area contributed by atoms with Gasteiger partial charge in [0.2, 0.25) is 0 Å². The molecule has 154 valence electrons. The summed E-state index contributed by atoms with van der Waals surface area (Å²) in [4.78, 5) is 12.3. The smallest absolute Gasteiger partial charge is 0.160 e. The largest absolute Gasteiger partial charge is 0.338 e. The molecular formula is C24H25FN4S. The molecule has 0 aliphatic carbocycles. The zero-order valence-electron chi connectivity index (χ0n) is 17.4. The monoisotopic (exact) mass is 420 g/mol. The van der Waals surface area contributed by atoms with E-state index in [1.807, 2.05) is 42.2 Å². The van der Waals surface area contributed by atoms with Crippen LogP contribution in [0.5, 0.6) is 0 Å². The summed E-state index contributed by atoms with van der Waals surface area (Å²) < 4.78 is 15.7. The Kier molecular flexibility index (Phi) is 4.89. The van der Waals surface area contributed by atoms with Gasteiger partial charge in [-0.15, -0.1) is 0 Å². The van der Waals surface area contributed by atoms with Gasteiger partial charge in [0.1, 0.15) is 11.9 Å². The van der Waals surface area contributed by atoms with Crippen molar-refractivity contribution in [2.24, 2.45) is 4.99 Å². The number of aromatic nitrogens is 2. The minimum atomic E-state index is -0.217. The SMILES string of the molecule is CC[C@@H]1CSC2=N[C@@H](c3ccccn3)[C@H](c3cc(C)n(-c4ccc(F)cc4)c3C)N21. The summed E-state index contributed by atoms with van der Waals surface area (Å²) in [6, 6.07) is 15.6. The number of pyridine rings is 1. The number of benzene rings is 1. The van der Waals surface area contributed by atoms with Gasteiger partial charge < -0.3 is 9.47 Å². The molecule has 0 radical (unpaired) electrons. The summed E-state index contributed by atoms with van der Waals surface area (Å²) in [5, 5.41) is 1.13. The van der Waals surface area contributed by atoms with Gasteiger partial charge in [-0.05, 0) is 68.3 Å². The van der Waals surface area contributed by atoms with Crippen LogP contribution in [0.25, 0.3) is 5.69 Å². The van der Waals surface area contributed by atoms with E-state index in [1.165, 1.54) is 23.4 Å². The lowest BCUT2D eigenvalue weighted by molar-refractivity contribution is 0.254. The third-order valence-corrected chi connectivity index (χ3v) is 7.33. The summed E-state index contributed by atoms with van der Waals surface area (Å²) >= 11 is 1.86. The Morgan fingerprint density at radius 1 is 1.13 bits per heavy atom. The van der Waals surface area contributed by atoms with Crippen molar-refractivity contribution in [3.8, 4) is 5.69 Å². The molecule has 0 saturated carbocycles. The fourth-order valence-electron chi connectivity index (χ4n) is 4.76. The van der Waals surface area contributed by atoms with Crippen LogP contribution in [0.1, 0.15) is 48.1 Å². The van der Waals surface area contributed by atoms with Crippen LogP contribution in [0.4, 0.5) is 4.39 Å². The maximum Gasteiger partial charge on any atom is 0.160 e. The van der Waals surface area contributed by atoms with E-state index >= 15 is 0 Å². The van der Waals surface area contributed by atoms with E-state index in [1.54, 1.807) is 0 Å². The zero-order chi connectivity index (χ0) is 20.8. The Balaban J connectivity index is 1.63. The Morgan fingerprint density at radius 3 is 2.63 bits per heavy atom. The summed E-state index contributed by atoms with van der Waals surface area (Å²) in [5.74, 6) is 0.864. The molecule has 3 aromatic rings. The second kappa shape index (κ2) is 7.58. The third kappa shape index (κ3) is 3.05. The molecule has 2 aliphatic rings. The van der Waals surface area contributed by atoms with E-state index in [-0.39, 0.29) is 17.9 Å². The first-order valence-corrected chi connectivity index (χ1v) is 11.4. The van der Waals surface area contributed by atoms with Crippen molar-refractivity contribution in [3.05, 3.63) is 83.2 Å². The Morgan fingerprint density at radius 2 is 1.93 bits per heavy atom. The first-order valence-electron chi connectivity index (χ1n) is 10.4. The van der Waals surface area contributed by atoms with E-state index in [0.717, 1.165) is 34.4 Å². The number of hydrogen-bond donors (Lipinski definition) is 0. The molecule has 1 saturated heterocycles. The molecule has 4 nitrogen and oxygen atoms in total. The van der Waals surface area contributed by atoms with Crippen LogP contribution < -0.4 is 0 Å². The molecule has 0 bridgehead atoms. The maximum atomic E-state index is 13.5. The molecule has 0 spiro atoms. The predicted octanol–water partition coefficient (Wildman–Crippen LogP) is 5.61. The summed E-state index contributed by atoms with van der Waals surface area (Å²) in [5.41, 5.74) is 5.57. The van der Waals surface area contributed by atoms with Gasteiger partial charge in [0.25, 0.3) is 0 Å². The highest BCUT2D eigenvalue weighted by molar-refractivity contribution is 8.14. The van der Waals surface area contributed by atoms with Crippen LogP contribution >= 0.6 is 11.8 Å². The third-order valence-electron chi connectivity index (χ3n) is 6.20. The van der Waals surface area contributed by atoms with Gasteiger partial charge in [0.05, 0.1) is 11.7 Å². The van der Waals surface area contributed by atoms with Crippen molar-refractivity contribution in [1.29, 1.82) is 0 Å². The van der Waals surface area contributed by atoms with Gasteiger partial charge >= 0.3 is 0 Å². The van der Waals surface area contributed by atoms with Gasteiger partial charge in [-0.2, -0.15) is 0 Å². The first-order chi connectivity index (χ1) is 14.6. The van der Waals surface area contributed by atoms with Crippen molar-refractivity contribution in [2.75, 3.05) is 5.75 Å². The average molecular weight is 421 g/mol. The van der Waals surface area contributed by atoms with Crippen LogP contribution in [0.15, 0.2) is 59.7 Å². The van der Waals surface area contributed by atoms with E-state index in [0.29, 0.717) is 6.04 Å². The van der Waals surface area contributed by atoms with Crippen LogP contribution in [0, 0.1) is 19.7 Å². The Labute approximate surface area is 180 Å². The average Bonchev–Trinajstić information content (AvgIpc) is 3.41. The number of hydrogen-bond acceptors (Lipinski definition) is 4. The lowest BCUT2D eigenvalue weighted by Gasteiger charge is -2.32. The van der Waals surface area contributed by atoms with Gasteiger partial charge in [-0.25, -0.2) is 4.39 Å². The second-order valence-corrected chi connectivity index (χ2v) is 8.96. The first kappa shape index (κ1) is 19.4. The van der Waals surface area contributed by atoms with E-state index in [4.69, 9.17) is 4.99 Å². The maximum absolute atomic E-state index is 13.5. The molecule has 4 heterocycles. The minimum Gasteiger partial charge on any atom is -0.338 e. The van der Waals surface area contributed by atoms with Gasteiger partial charge in [0.15, 0.2) is 5.17 Å². The van der Waals surface area contributed by atoms with Crippen LogP contribution in [-0.2, 0) is 0 Å². The number of thioether (sulfide) groups is 1. The van der Waals surface area contributed by atoms with E-state index < -0.39 is 0 Å². The molecule has 1 aromatic carbocycles. The molecule has 6 heteroatoms. The lowest BCUT2D eigenvalue weighted by Crippen LogP contribution is -2.35. The van der Waals surface area contributed by atoms with Crippen LogP contribution in [-0.4, -0.2) is 31.4 Å². The van der Waals surface area contributed by atoms with Crippen LogP contribution in [0.2, 0.25) is 0 Å². The predicted molar refractivity (Wildman–Crippen MR) is 121 cm³/mol. The molecule has 3 atom stereocenters. The molecule has 5 rings (SSSR count). The van der Waals surface area contributed by atoms with Crippen LogP contribution in [0.3, 0.4) is 0 Å².